The van der Waals surface area contributed by atoms with Crippen molar-refractivity contribution >= 4 is 34.8 Å². The Morgan fingerprint density at radius 2 is 1.59 bits per heavy atom. The van der Waals surface area contributed by atoms with Gasteiger partial charge in [-0.2, -0.15) is 0 Å². The van der Waals surface area contributed by atoms with Gasteiger partial charge >= 0.3 is 0 Å². The fourth-order valence-corrected chi connectivity index (χ4v) is 2.88. The van der Waals surface area contributed by atoms with Crippen molar-refractivity contribution in [3.63, 3.8) is 0 Å². The van der Waals surface area contributed by atoms with Crippen LogP contribution in [0.4, 0.5) is 5.69 Å². The van der Waals surface area contributed by atoms with E-state index in [1.54, 1.807) is 24.3 Å². The summed E-state index contributed by atoms with van der Waals surface area (Å²) in [6, 6.07) is 14.6. The van der Waals surface area contributed by atoms with Crippen LogP contribution in [0.5, 0.6) is 0 Å². The van der Waals surface area contributed by atoms with Gasteiger partial charge in [0.1, 0.15) is 0 Å². The van der Waals surface area contributed by atoms with E-state index in [2.05, 4.69) is 36.6 Å². The van der Waals surface area contributed by atoms with Crippen LogP contribution in [-0.2, 0) is 11.2 Å². The predicted molar refractivity (Wildman–Crippen MR) is 113 cm³/mol. The molecule has 0 aliphatic heterocycles. The van der Waals surface area contributed by atoms with Crippen molar-refractivity contribution in [1.29, 1.82) is 0 Å². The summed E-state index contributed by atoms with van der Waals surface area (Å²) in [5.41, 5.74) is 8.48. The highest BCUT2D eigenvalue weighted by Crippen LogP contribution is 2.18. The van der Waals surface area contributed by atoms with E-state index in [9.17, 15) is 9.59 Å². The third-order valence-electron chi connectivity index (χ3n) is 4.18. The van der Waals surface area contributed by atoms with Crippen molar-refractivity contribution in [1.82, 2.24) is 5.32 Å². The van der Waals surface area contributed by atoms with E-state index in [-0.39, 0.29) is 16.9 Å². The maximum Gasteiger partial charge on any atom is 0.248 e. The van der Waals surface area contributed by atoms with Crippen LogP contribution >= 0.6 is 12.2 Å². The second-order valence-corrected chi connectivity index (χ2v) is 7.35. The molecule has 0 aliphatic carbocycles. The second kappa shape index (κ2) is 9.28. The molecular formula is C21H25N3O2S. The number of anilines is 1. The highest BCUT2D eigenvalue weighted by molar-refractivity contribution is 7.80. The first kappa shape index (κ1) is 20.6. The van der Waals surface area contributed by atoms with Crippen LogP contribution in [-0.4, -0.2) is 16.9 Å². The Labute approximate surface area is 165 Å². The van der Waals surface area contributed by atoms with Crippen molar-refractivity contribution in [3.8, 4) is 0 Å². The molecule has 0 aliphatic rings. The molecule has 0 radical (unpaired) electrons. The van der Waals surface area contributed by atoms with Crippen LogP contribution < -0.4 is 16.4 Å². The van der Waals surface area contributed by atoms with Gasteiger partial charge in [0.05, 0.1) is 5.92 Å². The van der Waals surface area contributed by atoms with Crippen LogP contribution in [0.25, 0.3) is 0 Å². The van der Waals surface area contributed by atoms with E-state index in [4.69, 9.17) is 18.0 Å². The molecule has 2 aromatic carbocycles. The summed E-state index contributed by atoms with van der Waals surface area (Å²) in [7, 11) is 0. The van der Waals surface area contributed by atoms with Crippen molar-refractivity contribution in [3.05, 3.63) is 65.2 Å². The number of carbonyl (C=O) groups excluding carboxylic acids is 2. The fraction of sp³-hybridized carbons (Fsp3) is 0.286. The van der Waals surface area contributed by atoms with Gasteiger partial charge in [-0.05, 0) is 66.9 Å². The maximum absolute atomic E-state index is 12.5. The van der Waals surface area contributed by atoms with Gasteiger partial charge in [-0.1, -0.05) is 38.1 Å². The van der Waals surface area contributed by atoms with Crippen molar-refractivity contribution in [2.45, 2.75) is 33.1 Å². The van der Waals surface area contributed by atoms with Gasteiger partial charge in [-0.3, -0.25) is 9.59 Å². The first-order chi connectivity index (χ1) is 12.8. The summed E-state index contributed by atoms with van der Waals surface area (Å²) in [5.74, 6) is -0.407. The lowest BCUT2D eigenvalue weighted by molar-refractivity contribution is -0.120. The third-order valence-corrected chi connectivity index (χ3v) is 4.39. The molecule has 5 nitrogen and oxygen atoms in total. The van der Waals surface area contributed by atoms with E-state index in [1.807, 2.05) is 19.1 Å². The lowest BCUT2D eigenvalue weighted by Crippen LogP contribution is -2.36. The van der Waals surface area contributed by atoms with E-state index in [0.29, 0.717) is 17.2 Å². The number of amides is 2. The summed E-state index contributed by atoms with van der Waals surface area (Å²) < 4.78 is 0. The van der Waals surface area contributed by atoms with Gasteiger partial charge in [-0.25, -0.2) is 0 Å². The molecule has 0 heterocycles. The lowest BCUT2D eigenvalue weighted by atomic mass is 9.96. The second-order valence-electron chi connectivity index (χ2n) is 6.95. The molecule has 6 heteroatoms. The summed E-state index contributed by atoms with van der Waals surface area (Å²) >= 11 is 5.20. The largest absolute Gasteiger partial charge is 0.366 e. The van der Waals surface area contributed by atoms with Crippen LogP contribution in [0.2, 0.25) is 0 Å². The number of hydrogen-bond donors (Lipinski definition) is 3. The molecule has 142 valence electrons. The van der Waals surface area contributed by atoms with Gasteiger partial charge in [-0.15, -0.1) is 0 Å². The monoisotopic (exact) mass is 383 g/mol. The molecule has 2 amide bonds. The number of rotatable bonds is 6. The highest BCUT2D eigenvalue weighted by Gasteiger charge is 2.16. The SMILES string of the molecule is CC(C)Cc1ccc(C(C)C(=O)NC(=S)Nc2ccc(C(N)=O)cc2)cc1. The molecule has 0 spiro atoms. The van der Waals surface area contributed by atoms with Crippen LogP contribution in [0.1, 0.15) is 48.2 Å². The average Bonchev–Trinajstić information content (AvgIpc) is 2.61. The number of nitrogens with two attached hydrogens (primary N) is 1. The van der Waals surface area contributed by atoms with Gasteiger partial charge in [0.15, 0.2) is 5.11 Å². The molecule has 0 saturated carbocycles. The third kappa shape index (κ3) is 6.18. The zero-order valence-corrected chi connectivity index (χ0v) is 16.6. The minimum atomic E-state index is -0.495. The van der Waals surface area contributed by atoms with Gasteiger partial charge < -0.3 is 16.4 Å². The fourth-order valence-electron chi connectivity index (χ4n) is 2.67. The van der Waals surface area contributed by atoms with Crippen LogP contribution in [0.3, 0.4) is 0 Å². The normalized spacial score (nSPS) is 11.7. The molecule has 0 saturated heterocycles. The topological polar surface area (TPSA) is 84.2 Å². The van der Waals surface area contributed by atoms with Crippen molar-refractivity contribution in [2.75, 3.05) is 5.32 Å². The summed E-state index contributed by atoms with van der Waals surface area (Å²) in [5, 5.41) is 5.83. The molecule has 0 bridgehead atoms. The first-order valence-electron chi connectivity index (χ1n) is 8.86. The zero-order valence-electron chi connectivity index (χ0n) is 15.8. The van der Waals surface area contributed by atoms with Crippen molar-refractivity contribution in [2.24, 2.45) is 11.7 Å². The predicted octanol–water partition coefficient (Wildman–Crippen LogP) is 3.60. The highest BCUT2D eigenvalue weighted by atomic mass is 32.1. The summed E-state index contributed by atoms with van der Waals surface area (Å²) in [6.07, 6.45) is 1.02. The Morgan fingerprint density at radius 1 is 1.00 bits per heavy atom. The molecule has 0 aromatic heterocycles. The van der Waals surface area contributed by atoms with Gasteiger partial charge in [0.25, 0.3) is 0 Å². The molecule has 27 heavy (non-hydrogen) atoms. The average molecular weight is 384 g/mol. The summed E-state index contributed by atoms with van der Waals surface area (Å²) in [6.45, 7) is 6.20. The summed E-state index contributed by atoms with van der Waals surface area (Å²) in [4.78, 5) is 23.5. The number of thiocarbonyl (C=S) groups is 1. The Balaban J connectivity index is 1.92. The maximum atomic E-state index is 12.5. The first-order valence-corrected chi connectivity index (χ1v) is 9.27. The smallest absolute Gasteiger partial charge is 0.248 e. The number of primary amides is 1. The van der Waals surface area contributed by atoms with Gasteiger partial charge in [0, 0.05) is 11.3 Å². The molecular weight excluding hydrogens is 358 g/mol. The zero-order chi connectivity index (χ0) is 20.0. The van der Waals surface area contributed by atoms with E-state index in [0.717, 1.165) is 12.0 Å². The quantitative estimate of drug-likeness (QED) is 0.666. The van der Waals surface area contributed by atoms with Crippen LogP contribution in [0.15, 0.2) is 48.5 Å². The Morgan fingerprint density at radius 3 is 2.11 bits per heavy atom. The minimum Gasteiger partial charge on any atom is -0.366 e. The van der Waals surface area contributed by atoms with Crippen molar-refractivity contribution < 1.29 is 9.59 Å². The van der Waals surface area contributed by atoms with E-state index >= 15 is 0 Å². The Hall–Kier alpha value is -2.73. The Bertz CT molecular complexity index is 814. The standard InChI is InChI=1S/C21H25N3O2S/c1-13(2)12-15-4-6-16(7-5-15)14(3)20(26)24-21(27)23-18-10-8-17(9-11-18)19(22)25/h4-11,13-14H,12H2,1-3H3,(H2,22,25)(H2,23,24,26,27). The number of hydrogen-bond acceptors (Lipinski definition) is 3. The van der Waals surface area contributed by atoms with Crippen LogP contribution in [0, 0.1) is 5.92 Å². The molecule has 1 unspecified atom stereocenters. The number of carbonyl (C=O) groups is 2. The lowest BCUT2D eigenvalue weighted by Gasteiger charge is -2.15. The number of nitrogens with one attached hydrogen (secondary N) is 2. The Kier molecular flexibility index (Phi) is 7.07. The molecule has 0 fully saturated rings. The molecule has 2 aromatic rings. The number of benzene rings is 2. The molecule has 4 N–H and O–H groups in total. The minimum absolute atomic E-state index is 0.183. The molecule has 1 atom stereocenters. The molecule has 2 rings (SSSR count). The van der Waals surface area contributed by atoms with E-state index in [1.165, 1.54) is 5.56 Å². The van der Waals surface area contributed by atoms with Gasteiger partial charge in [0.2, 0.25) is 11.8 Å². The van der Waals surface area contributed by atoms with E-state index < -0.39 is 5.91 Å².